The SMILES string of the molecule is CCc1nnsc1C(NN)c1ccc(C2CCC2)cc1. The van der Waals surface area contributed by atoms with Gasteiger partial charge in [0.25, 0.3) is 0 Å². The first-order chi connectivity index (χ1) is 9.83. The van der Waals surface area contributed by atoms with Crippen LogP contribution in [0.25, 0.3) is 0 Å². The number of hydrazine groups is 1. The third kappa shape index (κ3) is 2.49. The number of rotatable bonds is 5. The second-order valence-corrected chi connectivity index (χ2v) is 6.12. The van der Waals surface area contributed by atoms with Crippen molar-refractivity contribution in [2.75, 3.05) is 0 Å². The first-order valence-corrected chi connectivity index (χ1v) is 7.98. The van der Waals surface area contributed by atoms with Crippen LogP contribution in [0.1, 0.15) is 59.8 Å². The molecule has 20 heavy (non-hydrogen) atoms. The topological polar surface area (TPSA) is 63.8 Å². The second kappa shape index (κ2) is 5.99. The Morgan fingerprint density at radius 1 is 1.35 bits per heavy atom. The van der Waals surface area contributed by atoms with Gasteiger partial charge < -0.3 is 0 Å². The lowest BCUT2D eigenvalue weighted by Gasteiger charge is -2.26. The van der Waals surface area contributed by atoms with Crippen molar-refractivity contribution in [1.29, 1.82) is 0 Å². The lowest BCUT2D eigenvalue weighted by atomic mass is 9.80. The zero-order valence-corrected chi connectivity index (χ0v) is 12.5. The molecule has 5 heteroatoms. The van der Waals surface area contributed by atoms with E-state index in [1.807, 2.05) is 0 Å². The maximum atomic E-state index is 5.76. The zero-order valence-electron chi connectivity index (χ0n) is 11.7. The van der Waals surface area contributed by atoms with Crippen LogP contribution in [0.15, 0.2) is 24.3 Å². The molecule has 3 N–H and O–H groups in total. The molecule has 1 saturated carbocycles. The highest BCUT2D eigenvalue weighted by Gasteiger charge is 2.22. The predicted octanol–water partition coefficient (Wildman–Crippen LogP) is 2.92. The highest BCUT2D eigenvalue weighted by atomic mass is 32.1. The molecule has 0 spiro atoms. The van der Waals surface area contributed by atoms with Gasteiger partial charge in [0.1, 0.15) is 0 Å². The number of hydrogen-bond acceptors (Lipinski definition) is 5. The molecule has 0 amide bonds. The summed E-state index contributed by atoms with van der Waals surface area (Å²) in [5, 5.41) is 4.17. The number of benzene rings is 1. The summed E-state index contributed by atoms with van der Waals surface area (Å²) >= 11 is 1.42. The summed E-state index contributed by atoms with van der Waals surface area (Å²) in [6.07, 6.45) is 4.91. The summed E-state index contributed by atoms with van der Waals surface area (Å²) in [5.41, 5.74) is 6.56. The molecule has 1 heterocycles. The van der Waals surface area contributed by atoms with E-state index in [0.29, 0.717) is 0 Å². The highest BCUT2D eigenvalue weighted by molar-refractivity contribution is 7.05. The molecule has 1 fully saturated rings. The third-order valence-corrected chi connectivity index (χ3v) is 5.03. The molecule has 0 radical (unpaired) electrons. The van der Waals surface area contributed by atoms with Gasteiger partial charge in [-0.15, -0.1) is 5.10 Å². The number of aryl methyl sites for hydroxylation is 1. The maximum Gasteiger partial charge on any atom is 0.0837 e. The molecule has 3 rings (SSSR count). The molecular formula is C15H20N4S. The standard InChI is InChI=1S/C15H20N4S/c1-2-13-15(20-19-18-13)14(17-16)12-8-6-11(7-9-12)10-4-3-5-10/h6-10,14,17H,2-5,16H2,1H3. The van der Waals surface area contributed by atoms with E-state index in [0.717, 1.165) is 22.9 Å². The van der Waals surface area contributed by atoms with Crippen molar-refractivity contribution in [3.63, 3.8) is 0 Å². The van der Waals surface area contributed by atoms with Crippen molar-refractivity contribution in [3.8, 4) is 0 Å². The number of hydrogen-bond donors (Lipinski definition) is 2. The Morgan fingerprint density at radius 3 is 2.65 bits per heavy atom. The average Bonchev–Trinajstić information content (AvgIpc) is 2.88. The molecule has 1 aromatic heterocycles. The molecule has 0 bridgehead atoms. The fraction of sp³-hybridized carbons (Fsp3) is 0.467. The predicted molar refractivity (Wildman–Crippen MR) is 81.5 cm³/mol. The number of nitrogens with two attached hydrogens (primary N) is 1. The second-order valence-electron chi connectivity index (χ2n) is 5.33. The van der Waals surface area contributed by atoms with Crippen LogP contribution in [0.2, 0.25) is 0 Å². The summed E-state index contributed by atoms with van der Waals surface area (Å²) in [7, 11) is 0. The van der Waals surface area contributed by atoms with E-state index in [2.05, 4.69) is 46.2 Å². The largest absolute Gasteiger partial charge is 0.271 e. The van der Waals surface area contributed by atoms with Crippen LogP contribution in [0, 0.1) is 0 Å². The lowest BCUT2D eigenvalue weighted by Crippen LogP contribution is -2.29. The van der Waals surface area contributed by atoms with Gasteiger partial charge in [-0.1, -0.05) is 42.1 Å². The Hall–Kier alpha value is -1.30. The molecule has 0 aliphatic heterocycles. The Balaban J connectivity index is 1.85. The van der Waals surface area contributed by atoms with Crippen molar-refractivity contribution < 1.29 is 0 Å². The Kier molecular flexibility index (Phi) is 4.10. The number of aromatic nitrogens is 2. The first kappa shape index (κ1) is 13.7. The lowest BCUT2D eigenvalue weighted by molar-refractivity contribution is 0.419. The minimum atomic E-state index is -0.0135. The van der Waals surface area contributed by atoms with Crippen molar-refractivity contribution in [1.82, 2.24) is 15.0 Å². The van der Waals surface area contributed by atoms with Crippen LogP contribution in [-0.4, -0.2) is 9.59 Å². The van der Waals surface area contributed by atoms with E-state index >= 15 is 0 Å². The van der Waals surface area contributed by atoms with Gasteiger partial charge in [-0.25, -0.2) is 5.43 Å². The summed E-state index contributed by atoms with van der Waals surface area (Å²) in [6, 6.07) is 8.82. The van der Waals surface area contributed by atoms with E-state index in [1.54, 1.807) is 0 Å². The van der Waals surface area contributed by atoms with Gasteiger partial charge in [-0.3, -0.25) is 5.84 Å². The van der Waals surface area contributed by atoms with Crippen molar-refractivity contribution in [2.45, 2.75) is 44.6 Å². The minimum Gasteiger partial charge on any atom is -0.271 e. The summed E-state index contributed by atoms with van der Waals surface area (Å²) in [4.78, 5) is 1.12. The fourth-order valence-electron chi connectivity index (χ4n) is 2.71. The smallest absolute Gasteiger partial charge is 0.0837 e. The highest BCUT2D eigenvalue weighted by Crippen LogP contribution is 2.37. The van der Waals surface area contributed by atoms with Gasteiger partial charge in [-0.05, 0) is 47.8 Å². The van der Waals surface area contributed by atoms with Crippen LogP contribution < -0.4 is 11.3 Å². The van der Waals surface area contributed by atoms with Crippen LogP contribution >= 0.6 is 11.5 Å². The zero-order chi connectivity index (χ0) is 13.9. The molecule has 0 saturated heterocycles. The van der Waals surface area contributed by atoms with E-state index in [-0.39, 0.29) is 6.04 Å². The molecule has 1 unspecified atom stereocenters. The van der Waals surface area contributed by atoms with Crippen molar-refractivity contribution in [3.05, 3.63) is 46.0 Å². The first-order valence-electron chi connectivity index (χ1n) is 7.20. The van der Waals surface area contributed by atoms with Gasteiger partial charge >= 0.3 is 0 Å². The van der Waals surface area contributed by atoms with Crippen LogP contribution in [0.4, 0.5) is 0 Å². The van der Waals surface area contributed by atoms with Crippen molar-refractivity contribution in [2.24, 2.45) is 5.84 Å². The van der Waals surface area contributed by atoms with E-state index in [1.165, 1.54) is 41.9 Å². The molecular weight excluding hydrogens is 268 g/mol. The van der Waals surface area contributed by atoms with Crippen molar-refractivity contribution >= 4 is 11.5 Å². The molecule has 2 aromatic rings. The Bertz CT molecular complexity index is 560. The Morgan fingerprint density at radius 2 is 2.10 bits per heavy atom. The van der Waals surface area contributed by atoms with Crippen LogP contribution in [0.5, 0.6) is 0 Å². The summed E-state index contributed by atoms with van der Waals surface area (Å²) in [5.74, 6) is 6.52. The van der Waals surface area contributed by atoms with Crippen LogP contribution in [0.3, 0.4) is 0 Å². The molecule has 1 aliphatic carbocycles. The van der Waals surface area contributed by atoms with Crippen LogP contribution in [-0.2, 0) is 6.42 Å². The summed E-state index contributed by atoms with van der Waals surface area (Å²) in [6.45, 7) is 2.09. The van der Waals surface area contributed by atoms with Gasteiger partial charge in [0.05, 0.1) is 16.6 Å². The normalized spacial score (nSPS) is 16.9. The van der Waals surface area contributed by atoms with Gasteiger partial charge in [0.15, 0.2) is 0 Å². The van der Waals surface area contributed by atoms with Gasteiger partial charge in [-0.2, -0.15) is 0 Å². The van der Waals surface area contributed by atoms with E-state index in [4.69, 9.17) is 5.84 Å². The minimum absolute atomic E-state index is 0.0135. The summed E-state index contributed by atoms with van der Waals surface area (Å²) < 4.78 is 4.05. The van der Waals surface area contributed by atoms with E-state index < -0.39 is 0 Å². The fourth-order valence-corrected chi connectivity index (χ4v) is 3.53. The molecule has 106 valence electrons. The molecule has 1 aliphatic rings. The quantitative estimate of drug-likeness (QED) is 0.656. The van der Waals surface area contributed by atoms with Gasteiger partial charge in [0.2, 0.25) is 0 Å². The van der Waals surface area contributed by atoms with E-state index in [9.17, 15) is 0 Å². The molecule has 1 aromatic carbocycles. The number of nitrogens with one attached hydrogen (secondary N) is 1. The number of nitrogens with zero attached hydrogens (tertiary/aromatic N) is 2. The third-order valence-electron chi connectivity index (χ3n) is 4.20. The maximum absolute atomic E-state index is 5.76. The monoisotopic (exact) mass is 288 g/mol. The van der Waals surface area contributed by atoms with Gasteiger partial charge in [0, 0.05) is 0 Å². The molecule has 1 atom stereocenters. The molecule has 4 nitrogen and oxygen atoms in total. The Labute approximate surface area is 123 Å². The average molecular weight is 288 g/mol.